The summed E-state index contributed by atoms with van der Waals surface area (Å²) in [5.74, 6) is 2.77. The van der Waals surface area contributed by atoms with E-state index in [1.807, 2.05) is 23.9 Å². The monoisotopic (exact) mass is 291 g/mol. The van der Waals surface area contributed by atoms with Crippen LogP contribution in [0.3, 0.4) is 0 Å². The van der Waals surface area contributed by atoms with Crippen LogP contribution < -0.4 is 5.32 Å². The summed E-state index contributed by atoms with van der Waals surface area (Å²) < 4.78 is 12.2. The zero-order valence-electron chi connectivity index (χ0n) is 12.5. The summed E-state index contributed by atoms with van der Waals surface area (Å²) in [5, 5.41) is 11.8. The van der Waals surface area contributed by atoms with Gasteiger partial charge < -0.3 is 14.6 Å². The van der Waals surface area contributed by atoms with Crippen LogP contribution in [0.2, 0.25) is 0 Å². The molecule has 0 spiro atoms. The molecule has 21 heavy (non-hydrogen) atoms. The van der Waals surface area contributed by atoms with Gasteiger partial charge in [0.1, 0.15) is 11.9 Å². The minimum atomic E-state index is -0.0488. The lowest BCUT2D eigenvalue weighted by Crippen LogP contribution is -2.09. The van der Waals surface area contributed by atoms with E-state index < -0.39 is 0 Å². The molecule has 0 aromatic carbocycles. The van der Waals surface area contributed by atoms with Crippen LogP contribution in [0.5, 0.6) is 0 Å². The Labute approximate surface area is 123 Å². The van der Waals surface area contributed by atoms with E-state index in [1.165, 1.54) is 12.8 Å². The molecular formula is C14H21N5O2. The highest BCUT2D eigenvalue weighted by Gasteiger charge is 2.29. The van der Waals surface area contributed by atoms with Crippen molar-refractivity contribution in [1.82, 2.24) is 19.9 Å². The molecule has 7 heteroatoms. The standard InChI is InChI=1S/C14H21N5O2/c1-10(14-16-13(18-21-14)11-4-5-11)15-12-6-8-19(17-12)7-3-9-20-2/h6,8,10-11H,3-5,7,9H2,1-2H3,(H,15,17)/t10-/m0/s1. The van der Waals surface area contributed by atoms with Crippen molar-refractivity contribution in [2.24, 2.45) is 0 Å². The molecule has 0 amide bonds. The maximum absolute atomic E-state index is 5.31. The molecule has 7 nitrogen and oxygen atoms in total. The lowest BCUT2D eigenvalue weighted by molar-refractivity contribution is 0.189. The molecule has 0 saturated heterocycles. The summed E-state index contributed by atoms with van der Waals surface area (Å²) in [6, 6.07) is 1.90. The molecule has 2 heterocycles. The van der Waals surface area contributed by atoms with Crippen LogP contribution in [0.15, 0.2) is 16.8 Å². The number of hydrogen-bond acceptors (Lipinski definition) is 6. The van der Waals surface area contributed by atoms with Crippen molar-refractivity contribution in [2.75, 3.05) is 19.0 Å². The van der Waals surface area contributed by atoms with E-state index in [0.717, 1.165) is 31.2 Å². The molecule has 0 radical (unpaired) electrons. The van der Waals surface area contributed by atoms with Gasteiger partial charge in [0.2, 0.25) is 5.89 Å². The predicted molar refractivity (Wildman–Crippen MR) is 77.0 cm³/mol. The van der Waals surface area contributed by atoms with Crippen molar-refractivity contribution >= 4 is 5.82 Å². The second-order valence-corrected chi connectivity index (χ2v) is 5.44. The van der Waals surface area contributed by atoms with Crippen LogP contribution in [-0.4, -0.2) is 33.6 Å². The molecule has 0 bridgehead atoms. The van der Waals surface area contributed by atoms with Gasteiger partial charge in [-0.3, -0.25) is 4.68 Å². The second kappa shape index (κ2) is 6.26. The Hall–Kier alpha value is -1.89. The smallest absolute Gasteiger partial charge is 0.248 e. The molecule has 1 N–H and O–H groups in total. The van der Waals surface area contributed by atoms with Gasteiger partial charge in [-0.1, -0.05) is 5.16 Å². The Morgan fingerprint density at radius 3 is 3.14 bits per heavy atom. The highest BCUT2D eigenvalue weighted by Crippen LogP contribution is 2.38. The first kappa shape index (κ1) is 14.1. The van der Waals surface area contributed by atoms with Crippen molar-refractivity contribution < 1.29 is 9.26 Å². The van der Waals surface area contributed by atoms with Crippen LogP contribution in [0.25, 0.3) is 0 Å². The Morgan fingerprint density at radius 1 is 1.52 bits per heavy atom. The van der Waals surface area contributed by atoms with E-state index >= 15 is 0 Å². The maximum Gasteiger partial charge on any atom is 0.248 e. The number of methoxy groups -OCH3 is 1. The van der Waals surface area contributed by atoms with Gasteiger partial charge in [-0.05, 0) is 26.2 Å². The van der Waals surface area contributed by atoms with Gasteiger partial charge in [-0.2, -0.15) is 10.1 Å². The average molecular weight is 291 g/mol. The normalized spacial score (nSPS) is 16.1. The third kappa shape index (κ3) is 3.60. The van der Waals surface area contributed by atoms with Crippen LogP contribution in [0, 0.1) is 0 Å². The number of aromatic nitrogens is 4. The van der Waals surface area contributed by atoms with Crippen molar-refractivity contribution in [2.45, 2.75) is 44.7 Å². The molecule has 2 aromatic heterocycles. The van der Waals surface area contributed by atoms with Gasteiger partial charge in [-0.15, -0.1) is 0 Å². The molecule has 3 rings (SSSR count). The van der Waals surface area contributed by atoms with E-state index in [1.54, 1.807) is 7.11 Å². The van der Waals surface area contributed by atoms with Gasteiger partial charge in [0.05, 0.1) is 0 Å². The van der Waals surface area contributed by atoms with Crippen LogP contribution >= 0.6 is 0 Å². The summed E-state index contributed by atoms with van der Waals surface area (Å²) in [6.45, 7) is 3.58. The summed E-state index contributed by atoms with van der Waals surface area (Å²) >= 11 is 0. The van der Waals surface area contributed by atoms with Crippen molar-refractivity contribution in [3.8, 4) is 0 Å². The molecule has 114 valence electrons. The van der Waals surface area contributed by atoms with Crippen LogP contribution in [0.4, 0.5) is 5.82 Å². The van der Waals surface area contributed by atoms with Crippen LogP contribution in [0.1, 0.15) is 49.9 Å². The van der Waals surface area contributed by atoms with Crippen molar-refractivity contribution in [3.05, 3.63) is 24.0 Å². The van der Waals surface area contributed by atoms with E-state index in [0.29, 0.717) is 11.8 Å². The molecule has 1 atom stereocenters. The molecule has 0 unspecified atom stereocenters. The summed E-state index contributed by atoms with van der Waals surface area (Å²) in [6.07, 6.45) is 5.25. The zero-order chi connectivity index (χ0) is 14.7. The topological polar surface area (TPSA) is 78.0 Å². The average Bonchev–Trinajstić information content (AvgIpc) is 3.04. The largest absolute Gasteiger partial charge is 0.385 e. The number of rotatable bonds is 8. The Morgan fingerprint density at radius 2 is 2.38 bits per heavy atom. The quantitative estimate of drug-likeness (QED) is 0.752. The Kier molecular flexibility index (Phi) is 4.19. The van der Waals surface area contributed by atoms with Gasteiger partial charge in [0.25, 0.3) is 0 Å². The van der Waals surface area contributed by atoms with Gasteiger partial charge in [-0.25, -0.2) is 0 Å². The number of hydrogen-bond donors (Lipinski definition) is 1. The van der Waals surface area contributed by atoms with Gasteiger partial charge >= 0.3 is 0 Å². The number of anilines is 1. The third-order valence-corrected chi connectivity index (χ3v) is 3.51. The van der Waals surface area contributed by atoms with E-state index in [4.69, 9.17) is 9.26 Å². The summed E-state index contributed by atoms with van der Waals surface area (Å²) in [5.41, 5.74) is 0. The molecule has 1 fully saturated rings. The Bertz CT molecular complexity index is 575. The fourth-order valence-corrected chi connectivity index (χ4v) is 2.15. The van der Waals surface area contributed by atoms with Crippen LogP contribution in [-0.2, 0) is 11.3 Å². The summed E-state index contributed by atoms with van der Waals surface area (Å²) in [4.78, 5) is 4.44. The van der Waals surface area contributed by atoms with E-state index in [9.17, 15) is 0 Å². The SMILES string of the molecule is COCCCn1ccc(N[C@@H](C)c2nc(C3CC3)no2)n1. The summed E-state index contributed by atoms with van der Waals surface area (Å²) in [7, 11) is 1.71. The first-order valence-corrected chi connectivity index (χ1v) is 7.38. The molecule has 0 aliphatic heterocycles. The second-order valence-electron chi connectivity index (χ2n) is 5.44. The first-order valence-electron chi connectivity index (χ1n) is 7.38. The molecule has 1 saturated carbocycles. The number of aryl methyl sites for hydroxylation is 1. The van der Waals surface area contributed by atoms with E-state index in [-0.39, 0.29) is 6.04 Å². The fraction of sp³-hybridized carbons (Fsp3) is 0.643. The molecule has 1 aliphatic carbocycles. The van der Waals surface area contributed by atoms with Crippen molar-refractivity contribution in [3.63, 3.8) is 0 Å². The Balaban J connectivity index is 1.54. The van der Waals surface area contributed by atoms with Gasteiger partial charge in [0.15, 0.2) is 5.82 Å². The number of nitrogens with zero attached hydrogens (tertiary/aromatic N) is 4. The molecule has 1 aliphatic rings. The highest BCUT2D eigenvalue weighted by molar-refractivity contribution is 5.34. The number of nitrogens with one attached hydrogen (secondary N) is 1. The minimum Gasteiger partial charge on any atom is -0.385 e. The predicted octanol–water partition coefficient (Wildman–Crippen LogP) is 2.35. The lowest BCUT2D eigenvalue weighted by atomic mass is 10.3. The first-order chi connectivity index (χ1) is 10.3. The fourth-order valence-electron chi connectivity index (χ4n) is 2.15. The third-order valence-electron chi connectivity index (χ3n) is 3.51. The molecular weight excluding hydrogens is 270 g/mol. The number of ether oxygens (including phenoxy) is 1. The van der Waals surface area contributed by atoms with E-state index in [2.05, 4.69) is 20.6 Å². The maximum atomic E-state index is 5.31. The lowest BCUT2D eigenvalue weighted by Gasteiger charge is -2.07. The van der Waals surface area contributed by atoms with Gasteiger partial charge in [0, 0.05) is 38.4 Å². The highest BCUT2D eigenvalue weighted by atomic mass is 16.5. The minimum absolute atomic E-state index is 0.0488. The molecule has 2 aromatic rings. The van der Waals surface area contributed by atoms with Crippen molar-refractivity contribution in [1.29, 1.82) is 0 Å². The zero-order valence-corrected chi connectivity index (χ0v) is 12.5.